The van der Waals surface area contributed by atoms with Crippen LogP contribution in [0.4, 0.5) is 0 Å². The first-order valence-corrected chi connectivity index (χ1v) is 9.20. The van der Waals surface area contributed by atoms with Crippen molar-refractivity contribution in [3.8, 4) is 0 Å². The van der Waals surface area contributed by atoms with E-state index in [9.17, 15) is 4.79 Å². The van der Waals surface area contributed by atoms with Gasteiger partial charge < -0.3 is 4.74 Å². The van der Waals surface area contributed by atoms with Gasteiger partial charge in [0.2, 0.25) is 0 Å². The summed E-state index contributed by atoms with van der Waals surface area (Å²) in [6, 6.07) is 27.7. The maximum atomic E-state index is 11.8. The number of hydrogen-bond acceptors (Lipinski definition) is 2. The molecule has 0 atom stereocenters. The van der Waals surface area contributed by atoms with Gasteiger partial charge in [0.15, 0.2) is 0 Å². The molecule has 0 radical (unpaired) electrons. The molecule has 0 N–H and O–H groups in total. The highest BCUT2D eigenvalue weighted by Crippen LogP contribution is 2.31. The molecule has 0 bridgehead atoms. The Bertz CT molecular complexity index is 1430. The van der Waals surface area contributed by atoms with Crippen molar-refractivity contribution in [3.63, 3.8) is 0 Å². The molecule has 28 heavy (non-hydrogen) atoms. The van der Waals surface area contributed by atoms with E-state index in [1.54, 1.807) is 0 Å². The molecule has 0 unspecified atom stereocenters. The van der Waals surface area contributed by atoms with Crippen molar-refractivity contribution < 1.29 is 9.53 Å². The molecule has 0 saturated carbocycles. The van der Waals surface area contributed by atoms with Crippen LogP contribution in [0.15, 0.2) is 85.4 Å². The largest absolute Gasteiger partial charge is 0.465 e. The molecular weight excluding hydrogens is 344 g/mol. The number of fused-ring (bicyclic) bond motifs is 4. The zero-order chi connectivity index (χ0) is 19.3. The summed E-state index contributed by atoms with van der Waals surface area (Å²) < 4.78 is 4.79. The van der Waals surface area contributed by atoms with Crippen molar-refractivity contribution in [2.45, 2.75) is 0 Å². The summed E-state index contributed by atoms with van der Waals surface area (Å²) in [5, 5.41) is 9.55. The van der Waals surface area contributed by atoms with Gasteiger partial charge in [-0.3, -0.25) is 0 Å². The zero-order valence-electron chi connectivity index (χ0n) is 15.5. The van der Waals surface area contributed by atoms with Crippen LogP contribution in [0.1, 0.15) is 5.56 Å². The highest BCUT2D eigenvalue weighted by Gasteiger charge is 2.10. The minimum absolute atomic E-state index is 0.370. The number of carbonyl (C=O) groups excluding carboxylic acids is 1. The third-order valence-corrected chi connectivity index (χ3v) is 5.40. The van der Waals surface area contributed by atoms with E-state index in [1.165, 1.54) is 39.4 Å². The van der Waals surface area contributed by atoms with Crippen molar-refractivity contribution in [3.05, 3.63) is 91.0 Å². The average Bonchev–Trinajstić information content (AvgIpc) is 2.73. The molecule has 5 aromatic carbocycles. The number of ether oxygens (including phenoxy) is 1. The number of hydrogen-bond donors (Lipinski definition) is 0. The second-order valence-corrected chi connectivity index (χ2v) is 7.13. The molecule has 5 rings (SSSR count). The van der Waals surface area contributed by atoms with Gasteiger partial charge in [0, 0.05) is 0 Å². The van der Waals surface area contributed by atoms with Gasteiger partial charge in [-0.1, -0.05) is 43.0 Å². The Morgan fingerprint density at radius 1 is 0.643 bits per heavy atom. The number of carbonyl (C=O) groups is 1. The summed E-state index contributed by atoms with van der Waals surface area (Å²) in [6.45, 7) is 3.86. The van der Waals surface area contributed by atoms with Crippen molar-refractivity contribution in [2.24, 2.45) is 0 Å². The minimum atomic E-state index is -0.405. The lowest BCUT2D eigenvalue weighted by atomic mass is 9.96. The van der Waals surface area contributed by atoms with Gasteiger partial charge in [0.05, 0.1) is 12.7 Å². The van der Waals surface area contributed by atoms with Gasteiger partial charge in [-0.2, -0.15) is 0 Å². The van der Waals surface area contributed by atoms with Gasteiger partial charge in [0.25, 0.3) is 0 Å². The van der Waals surface area contributed by atoms with Gasteiger partial charge in [-0.15, -0.1) is 0 Å². The fourth-order valence-corrected chi connectivity index (χ4v) is 3.87. The van der Waals surface area contributed by atoms with E-state index in [0.29, 0.717) is 5.57 Å². The van der Waals surface area contributed by atoms with Crippen molar-refractivity contribution >= 4 is 54.6 Å². The first kappa shape index (κ1) is 16.5. The summed E-state index contributed by atoms with van der Waals surface area (Å²) in [6.07, 6.45) is 0. The third-order valence-electron chi connectivity index (χ3n) is 5.40. The summed E-state index contributed by atoms with van der Waals surface area (Å²) >= 11 is 0. The Kier molecular flexibility index (Phi) is 3.66. The summed E-state index contributed by atoms with van der Waals surface area (Å²) in [7, 11) is 1.37. The van der Waals surface area contributed by atoms with Crippen LogP contribution in [-0.4, -0.2) is 13.1 Å². The van der Waals surface area contributed by atoms with Gasteiger partial charge in [-0.05, 0) is 91.1 Å². The average molecular weight is 362 g/mol. The van der Waals surface area contributed by atoms with Crippen LogP contribution in [0.25, 0.3) is 48.7 Å². The van der Waals surface area contributed by atoms with Crippen LogP contribution in [0.3, 0.4) is 0 Å². The second kappa shape index (κ2) is 6.21. The predicted octanol–water partition coefficient (Wildman–Crippen LogP) is 6.49. The molecule has 0 heterocycles. The quantitative estimate of drug-likeness (QED) is 0.204. The highest BCUT2D eigenvalue weighted by atomic mass is 16.5. The lowest BCUT2D eigenvalue weighted by Gasteiger charge is -2.09. The van der Waals surface area contributed by atoms with Crippen molar-refractivity contribution in [1.82, 2.24) is 0 Å². The molecular formula is C26H18O2. The van der Waals surface area contributed by atoms with Gasteiger partial charge in [-0.25, -0.2) is 4.79 Å². The lowest BCUT2D eigenvalue weighted by molar-refractivity contribution is -0.133. The van der Waals surface area contributed by atoms with Crippen molar-refractivity contribution in [2.75, 3.05) is 7.11 Å². The normalized spacial score (nSPS) is 11.3. The fraction of sp³-hybridized carbons (Fsp3) is 0.0385. The molecule has 0 spiro atoms. The first-order chi connectivity index (χ1) is 13.6. The summed E-state index contributed by atoms with van der Waals surface area (Å²) in [5.74, 6) is -0.405. The van der Waals surface area contributed by atoms with Crippen LogP contribution < -0.4 is 0 Å². The smallest absolute Gasteiger partial charge is 0.337 e. The molecule has 0 aliphatic rings. The van der Waals surface area contributed by atoms with E-state index >= 15 is 0 Å². The highest BCUT2D eigenvalue weighted by molar-refractivity contribution is 6.16. The molecule has 0 fully saturated rings. The van der Waals surface area contributed by atoms with Crippen LogP contribution in [0.2, 0.25) is 0 Å². The number of methoxy groups -OCH3 is 1. The van der Waals surface area contributed by atoms with E-state index in [-0.39, 0.29) is 0 Å². The van der Waals surface area contributed by atoms with Crippen LogP contribution >= 0.6 is 0 Å². The molecule has 2 nitrogen and oxygen atoms in total. The van der Waals surface area contributed by atoms with E-state index in [2.05, 4.69) is 67.2 Å². The summed E-state index contributed by atoms with van der Waals surface area (Å²) in [5.41, 5.74) is 1.15. The fourth-order valence-electron chi connectivity index (χ4n) is 3.87. The Morgan fingerprint density at radius 2 is 1.07 bits per heavy atom. The summed E-state index contributed by atoms with van der Waals surface area (Å²) in [4.78, 5) is 11.8. The Balaban J connectivity index is 1.73. The minimum Gasteiger partial charge on any atom is -0.465 e. The zero-order valence-corrected chi connectivity index (χ0v) is 15.5. The van der Waals surface area contributed by atoms with E-state index in [0.717, 1.165) is 16.3 Å². The first-order valence-electron chi connectivity index (χ1n) is 9.20. The van der Waals surface area contributed by atoms with Crippen LogP contribution in [0, 0.1) is 0 Å². The standard InChI is InChI=1S/C26H18O2/c1-16(26(27)28-2)17-7-8-20-12-24-14-22-10-18-5-3-4-6-19(18)11-23(22)15-25(24)13-21(20)9-17/h3-15H,1H2,2H3. The molecule has 0 aliphatic heterocycles. The van der Waals surface area contributed by atoms with Crippen LogP contribution in [-0.2, 0) is 9.53 Å². The monoisotopic (exact) mass is 362 g/mol. The van der Waals surface area contributed by atoms with E-state index < -0.39 is 5.97 Å². The number of benzene rings is 5. The SMILES string of the molecule is C=C(C(=O)OC)c1ccc2cc3cc4cc5ccccc5cc4cc3cc2c1. The third kappa shape index (κ3) is 2.62. The van der Waals surface area contributed by atoms with Crippen molar-refractivity contribution in [1.29, 1.82) is 0 Å². The molecule has 2 heteroatoms. The van der Waals surface area contributed by atoms with E-state index in [4.69, 9.17) is 4.74 Å². The molecule has 0 aromatic heterocycles. The Morgan fingerprint density at radius 3 is 1.57 bits per heavy atom. The number of esters is 1. The second-order valence-electron chi connectivity index (χ2n) is 7.13. The predicted molar refractivity (Wildman–Crippen MR) is 118 cm³/mol. The Hall–Kier alpha value is -3.65. The van der Waals surface area contributed by atoms with Gasteiger partial charge in [0.1, 0.15) is 0 Å². The molecule has 134 valence electrons. The molecule has 5 aromatic rings. The molecule has 0 amide bonds. The molecule has 0 saturated heterocycles. The maximum Gasteiger partial charge on any atom is 0.337 e. The Labute approximate surface area is 162 Å². The lowest BCUT2D eigenvalue weighted by Crippen LogP contribution is -2.02. The van der Waals surface area contributed by atoms with Gasteiger partial charge >= 0.3 is 5.97 Å². The topological polar surface area (TPSA) is 26.3 Å². The van der Waals surface area contributed by atoms with E-state index in [1.807, 2.05) is 18.2 Å². The number of rotatable bonds is 2. The van der Waals surface area contributed by atoms with Crippen LogP contribution in [0.5, 0.6) is 0 Å². The maximum absolute atomic E-state index is 11.8. The molecule has 0 aliphatic carbocycles.